The van der Waals surface area contributed by atoms with Crippen molar-refractivity contribution in [3.05, 3.63) is 35.6 Å². The third-order valence-electron chi connectivity index (χ3n) is 4.31. The number of sulfone groups is 1. The van der Waals surface area contributed by atoms with Crippen LogP contribution in [-0.4, -0.2) is 59.2 Å². The van der Waals surface area contributed by atoms with Crippen LogP contribution in [0.4, 0.5) is 4.39 Å². The number of guanidine groups is 1. The second-order valence-electron chi connectivity index (χ2n) is 6.65. The largest absolute Gasteiger partial charge is 0.379 e. The van der Waals surface area contributed by atoms with Crippen LogP contribution in [0.15, 0.2) is 29.3 Å². The topological polar surface area (TPSA) is 79.8 Å². The molecule has 0 bridgehead atoms. The van der Waals surface area contributed by atoms with Crippen LogP contribution in [0, 0.1) is 5.82 Å². The second-order valence-corrected chi connectivity index (χ2v) is 8.91. The highest BCUT2D eigenvalue weighted by molar-refractivity contribution is 7.90. The van der Waals surface area contributed by atoms with Crippen LogP contribution in [0.1, 0.15) is 25.3 Å². The maximum Gasteiger partial charge on any atom is 0.191 e. The Hall–Kier alpha value is -1.67. The van der Waals surface area contributed by atoms with Gasteiger partial charge >= 0.3 is 0 Å². The number of benzene rings is 1. The number of halogens is 1. The molecule has 1 fully saturated rings. The Bertz CT molecular complexity index is 718. The first-order valence-electron chi connectivity index (χ1n) is 8.88. The first-order chi connectivity index (χ1) is 12.3. The summed E-state index contributed by atoms with van der Waals surface area (Å²) in [4.78, 5) is 4.63. The van der Waals surface area contributed by atoms with E-state index in [2.05, 4.69) is 15.6 Å². The number of nitrogens with zero attached hydrogens (tertiary/aromatic N) is 1. The molecule has 1 saturated carbocycles. The zero-order valence-corrected chi connectivity index (χ0v) is 16.2. The van der Waals surface area contributed by atoms with Gasteiger partial charge in [0.1, 0.15) is 15.7 Å². The van der Waals surface area contributed by atoms with Gasteiger partial charge in [-0.1, -0.05) is 12.1 Å². The van der Waals surface area contributed by atoms with Gasteiger partial charge in [0.25, 0.3) is 0 Å². The quantitative estimate of drug-likeness (QED) is 0.362. The Kier molecular flexibility index (Phi) is 7.40. The van der Waals surface area contributed by atoms with Gasteiger partial charge in [0.15, 0.2) is 5.96 Å². The molecule has 1 aromatic rings. The molecule has 146 valence electrons. The molecule has 0 saturated heterocycles. The van der Waals surface area contributed by atoms with Crippen LogP contribution >= 0.6 is 0 Å². The molecule has 6 nitrogen and oxygen atoms in total. The van der Waals surface area contributed by atoms with Crippen LogP contribution in [-0.2, 0) is 20.0 Å². The van der Waals surface area contributed by atoms with Crippen molar-refractivity contribution < 1.29 is 17.5 Å². The zero-order chi connectivity index (χ0) is 19.0. The van der Waals surface area contributed by atoms with Gasteiger partial charge in [-0.05, 0) is 37.5 Å². The minimum Gasteiger partial charge on any atom is -0.379 e. The molecule has 0 aromatic heterocycles. The fraction of sp³-hybridized carbons (Fsp3) is 0.611. The summed E-state index contributed by atoms with van der Waals surface area (Å²) in [6, 6.07) is 6.75. The molecular formula is C18H28FN3O3S. The lowest BCUT2D eigenvalue weighted by molar-refractivity contribution is 0.154. The Morgan fingerprint density at radius 2 is 2.08 bits per heavy atom. The van der Waals surface area contributed by atoms with Crippen molar-refractivity contribution in [1.82, 2.24) is 10.6 Å². The van der Waals surface area contributed by atoms with E-state index in [9.17, 15) is 12.8 Å². The molecule has 1 aromatic carbocycles. The van der Waals surface area contributed by atoms with Crippen molar-refractivity contribution in [3.8, 4) is 0 Å². The molecule has 0 heterocycles. The fourth-order valence-electron chi connectivity index (χ4n) is 2.63. The van der Waals surface area contributed by atoms with Gasteiger partial charge < -0.3 is 15.4 Å². The van der Waals surface area contributed by atoms with E-state index in [1.54, 1.807) is 12.1 Å². The summed E-state index contributed by atoms with van der Waals surface area (Å²) < 4.78 is 40.9. The van der Waals surface area contributed by atoms with Gasteiger partial charge in [0, 0.05) is 24.8 Å². The molecule has 0 amide bonds. The van der Waals surface area contributed by atoms with Crippen molar-refractivity contribution in [3.63, 3.8) is 0 Å². The Morgan fingerprint density at radius 1 is 1.31 bits per heavy atom. The summed E-state index contributed by atoms with van der Waals surface area (Å²) >= 11 is 0. The molecule has 0 atom stereocenters. The van der Waals surface area contributed by atoms with Crippen LogP contribution < -0.4 is 10.6 Å². The number of hydrogen-bond acceptors (Lipinski definition) is 4. The predicted molar refractivity (Wildman–Crippen MR) is 102 cm³/mol. The summed E-state index contributed by atoms with van der Waals surface area (Å²) in [6.45, 7) is 4.43. The average molecular weight is 386 g/mol. The number of nitrogens with one attached hydrogen (secondary N) is 2. The highest BCUT2D eigenvalue weighted by Gasteiger charge is 2.44. The monoisotopic (exact) mass is 385 g/mol. The first-order valence-corrected chi connectivity index (χ1v) is 10.9. The zero-order valence-electron chi connectivity index (χ0n) is 15.4. The van der Waals surface area contributed by atoms with Gasteiger partial charge in [-0.25, -0.2) is 12.8 Å². The summed E-state index contributed by atoms with van der Waals surface area (Å²) in [5.41, 5.74) is 0.942. The molecule has 8 heteroatoms. The Morgan fingerprint density at radius 3 is 2.69 bits per heavy atom. The van der Waals surface area contributed by atoms with Crippen molar-refractivity contribution in [2.45, 2.75) is 25.2 Å². The number of ether oxygens (including phenoxy) is 1. The lowest BCUT2D eigenvalue weighted by Gasteiger charge is -2.16. The summed E-state index contributed by atoms with van der Waals surface area (Å²) in [6.07, 6.45) is 3.21. The van der Waals surface area contributed by atoms with Gasteiger partial charge in [-0.3, -0.25) is 4.99 Å². The van der Waals surface area contributed by atoms with E-state index in [1.807, 2.05) is 13.0 Å². The average Bonchev–Trinajstić information content (AvgIpc) is 3.36. The highest BCUT2D eigenvalue weighted by Crippen LogP contribution is 2.48. The molecule has 0 unspecified atom stereocenters. The van der Waals surface area contributed by atoms with Crippen molar-refractivity contribution >= 4 is 15.8 Å². The molecule has 26 heavy (non-hydrogen) atoms. The molecule has 1 aliphatic rings. The van der Waals surface area contributed by atoms with E-state index in [-0.39, 0.29) is 23.6 Å². The van der Waals surface area contributed by atoms with Crippen LogP contribution in [0.5, 0.6) is 0 Å². The molecule has 2 rings (SSSR count). The van der Waals surface area contributed by atoms with Gasteiger partial charge in [0.05, 0.1) is 25.5 Å². The van der Waals surface area contributed by atoms with E-state index >= 15 is 0 Å². The molecule has 0 spiro atoms. The van der Waals surface area contributed by atoms with Crippen molar-refractivity contribution in [2.24, 2.45) is 4.99 Å². The minimum atomic E-state index is -2.99. The Balaban J connectivity index is 1.81. The molecular weight excluding hydrogens is 357 g/mol. The minimum absolute atomic E-state index is 0.0251. The van der Waals surface area contributed by atoms with Gasteiger partial charge in [0.2, 0.25) is 0 Å². The predicted octanol–water partition coefficient (Wildman–Crippen LogP) is 1.47. The van der Waals surface area contributed by atoms with Crippen LogP contribution in [0.3, 0.4) is 0 Å². The third-order valence-corrected chi connectivity index (χ3v) is 5.22. The van der Waals surface area contributed by atoms with Crippen molar-refractivity contribution in [2.75, 3.05) is 44.9 Å². The highest BCUT2D eigenvalue weighted by atomic mass is 32.2. The third kappa shape index (κ3) is 6.92. The first kappa shape index (κ1) is 20.6. The second kappa shape index (κ2) is 9.32. The van der Waals surface area contributed by atoms with Crippen LogP contribution in [0.25, 0.3) is 0 Å². The fourth-order valence-corrected chi connectivity index (χ4v) is 3.05. The van der Waals surface area contributed by atoms with E-state index in [1.165, 1.54) is 12.3 Å². The Labute approximate surface area is 155 Å². The van der Waals surface area contributed by atoms with Gasteiger partial charge in [-0.2, -0.15) is 0 Å². The SMILES string of the molecule is CCNC(=NCC1(c2cccc(F)c2)CC1)NCCOCCS(C)(=O)=O. The van der Waals surface area contributed by atoms with Crippen LogP contribution in [0.2, 0.25) is 0 Å². The lowest BCUT2D eigenvalue weighted by atomic mass is 9.96. The van der Waals surface area contributed by atoms with E-state index in [0.29, 0.717) is 25.7 Å². The standard InChI is InChI=1S/C18H28FN3O3S/c1-3-20-17(21-9-10-25-11-12-26(2,23)24)22-14-18(7-8-18)15-5-4-6-16(19)13-15/h4-6,13H,3,7-12,14H2,1-2H3,(H2,20,21,22). The van der Waals surface area contributed by atoms with E-state index in [4.69, 9.17) is 4.74 Å². The van der Waals surface area contributed by atoms with Crippen molar-refractivity contribution in [1.29, 1.82) is 0 Å². The number of rotatable bonds is 10. The van der Waals surface area contributed by atoms with E-state index in [0.717, 1.165) is 24.9 Å². The maximum absolute atomic E-state index is 13.5. The number of aliphatic imine (C=N–C) groups is 1. The molecule has 0 radical (unpaired) electrons. The summed E-state index contributed by atoms with van der Waals surface area (Å²) in [5.74, 6) is 0.494. The van der Waals surface area contributed by atoms with E-state index < -0.39 is 9.84 Å². The molecule has 2 N–H and O–H groups in total. The summed E-state index contributed by atoms with van der Waals surface area (Å²) in [5, 5.41) is 6.35. The lowest BCUT2D eigenvalue weighted by Crippen LogP contribution is -2.39. The normalized spacial score (nSPS) is 16.3. The smallest absolute Gasteiger partial charge is 0.191 e. The molecule has 0 aliphatic heterocycles. The maximum atomic E-state index is 13.5. The number of hydrogen-bond donors (Lipinski definition) is 2. The van der Waals surface area contributed by atoms with Gasteiger partial charge in [-0.15, -0.1) is 0 Å². The molecule has 1 aliphatic carbocycles. The summed E-state index contributed by atoms with van der Waals surface area (Å²) in [7, 11) is -2.99.